The fraction of sp³-hybridized carbons (Fsp3) is 0.875. The van der Waals surface area contributed by atoms with Crippen LogP contribution in [-0.4, -0.2) is 44.1 Å². The van der Waals surface area contributed by atoms with Gasteiger partial charge < -0.3 is 10.4 Å². The summed E-state index contributed by atoms with van der Waals surface area (Å²) in [5, 5.41) is 11.0. The Hall–Kier alpha value is -0.620. The van der Waals surface area contributed by atoms with Gasteiger partial charge in [-0.3, -0.25) is 4.79 Å². The van der Waals surface area contributed by atoms with Crippen molar-refractivity contribution in [3.63, 3.8) is 0 Å². The average molecular weight is 223 g/mol. The van der Waals surface area contributed by atoms with Crippen LogP contribution in [0.1, 0.15) is 19.8 Å². The normalized spacial score (nSPS) is 13.6. The number of sulfone groups is 1. The van der Waals surface area contributed by atoms with Crippen LogP contribution in [0.25, 0.3) is 0 Å². The molecule has 1 unspecified atom stereocenters. The molecule has 0 aliphatic carbocycles. The highest BCUT2D eigenvalue weighted by Gasteiger charge is 2.12. The lowest BCUT2D eigenvalue weighted by Gasteiger charge is -2.12. The van der Waals surface area contributed by atoms with E-state index in [4.69, 9.17) is 5.11 Å². The van der Waals surface area contributed by atoms with Crippen molar-refractivity contribution in [2.75, 3.05) is 18.6 Å². The van der Waals surface area contributed by atoms with Crippen LogP contribution in [0.4, 0.5) is 0 Å². The SMILES string of the molecule is CC(CS(C)(=O)=O)NC(=O)CCCO. The minimum atomic E-state index is -3.05. The van der Waals surface area contributed by atoms with Crippen molar-refractivity contribution in [2.45, 2.75) is 25.8 Å². The molecule has 0 aromatic rings. The molecule has 1 amide bonds. The van der Waals surface area contributed by atoms with Gasteiger partial charge in [0.15, 0.2) is 0 Å². The molecule has 0 rings (SSSR count). The third-order valence-corrected chi connectivity index (χ3v) is 2.63. The summed E-state index contributed by atoms with van der Waals surface area (Å²) in [6.07, 6.45) is 1.76. The number of aliphatic hydroxyl groups is 1. The van der Waals surface area contributed by atoms with Crippen LogP contribution in [0.15, 0.2) is 0 Å². The largest absolute Gasteiger partial charge is 0.396 e. The Bertz CT molecular complexity index is 273. The molecule has 2 N–H and O–H groups in total. The summed E-state index contributed by atoms with van der Waals surface area (Å²) >= 11 is 0. The first kappa shape index (κ1) is 13.4. The molecule has 0 bridgehead atoms. The lowest BCUT2D eigenvalue weighted by Crippen LogP contribution is -2.37. The van der Waals surface area contributed by atoms with Crippen molar-refractivity contribution >= 4 is 15.7 Å². The molecule has 0 heterocycles. The Morgan fingerprint density at radius 2 is 2.07 bits per heavy atom. The van der Waals surface area contributed by atoms with E-state index in [0.717, 1.165) is 6.26 Å². The number of amides is 1. The molecule has 5 nitrogen and oxygen atoms in total. The quantitative estimate of drug-likeness (QED) is 0.624. The standard InChI is InChI=1S/C8H17NO4S/c1-7(6-14(2,12)13)9-8(11)4-3-5-10/h7,10H,3-6H2,1-2H3,(H,9,11). The van der Waals surface area contributed by atoms with Crippen molar-refractivity contribution in [1.29, 1.82) is 0 Å². The molecule has 0 aliphatic rings. The first-order chi connectivity index (χ1) is 6.35. The first-order valence-electron chi connectivity index (χ1n) is 4.43. The fourth-order valence-corrected chi connectivity index (χ4v) is 2.07. The Morgan fingerprint density at radius 1 is 1.50 bits per heavy atom. The van der Waals surface area contributed by atoms with E-state index in [-0.39, 0.29) is 30.7 Å². The second-order valence-corrected chi connectivity index (χ2v) is 5.57. The summed E-state index contributed by atoms with van der Waals surface area (Å²) in [5.41, 5.74) is 0. The highest BCUT2D eigenvalue weighted by molar-refractivity contribution is 7.90. The maximum Gasteiger partial charge on any atom is 0.220 e. The number of nitrogens with one attached hydrogen (secondary N) is 1. The minimum absolute atomic E-state index is 0.0339. The van der Waals surface area contributed by atoms with E-state index >= 15 is 0 Å². The fourth-order valence-electron chi connectivity index (χ4n) is 1.08. The van der Waals surface area contributed by atoms with Crippen LogP contribution in [0.5, 0.6) is 0 Å². The summed E-state index contributed by atoms with van der Waals surface area (Å²) in [4.78, 5) is 11.1. The average Bonchev–Trinajstić information content (AvgIpc) is 1.96. The van der Waals surface area contributed by atoms with Gasteiger partial charge in [0.25, 0.3) is 0 Å². The van der Waals surface area contributed by atoms with Gasteiger partial charge in [-0.05, 0) is 13.3 Å². The van der Waals surface area contributed by atoms with Crippen molar-refractivity contribution in [3.8, 4) is 0 Å². The van der Waals surface area contributed by atoms with E-state index in [1.165, 1.54) is 0 Å². The van der Waals surface area contributed by atoms with Crippen LogP contribution >= 0.6 is 0 Å². The van der Waals surface area contributed by atoms with Crippen LogP contribution < -0.4 is 5.32 Å². The molecule has 0 aliphatic heterocycles. The number of carbonyl (C=O) groups excluding carboxylic acids is 1. The maximum atomic E-state index is 11.1. The molecule has 84 valence electrons. The topological polar surface area (TPSA) is 83.5 Å². The molecule has 6 heteroatoms. The second-order valence-electron chi connectivity index (χ2n) is 3.39. The molecule has 0 aromatic carbocycles. The molecule has 14 heavy (non-hydrogen) atoms. The molecular weight excluding hydrogens is 206 g/mol. The van der Waals surface area contributed by atoms with E-state index in [0.29, 0.717) is 6.42 Å². The van der Waals surface area contributed by atoms with Crippen LogP contribution in [0, 0.1) is 0 Å². The second kappa shape index (κ2) is 5.98. The van der Waals surface area contributed by atoms with Crippen LogP contribution in [-0.2, 0) is 14.6 Å². The van der Waals surface area contributed by atoms with Crippen molar-refractivity contribution < 1.29 is 18.3 Å². The number of hydrogen-bond acceptors (Lipinski definition) is 4. The first-order valence-corrected chi connectivity index (χ1v) is 6.49. The van der Waals surface area contributed by atoms with E-state index in [9.17, 15) is 13.2 Å². The maximum absolute atomic E-state index is 11.1. The van der Waals surface area contributed by atoms with Gasteiger partial charge in [-0.1, -0.05) is 0 Å². The number of carbonyl (C=O) groups is 1. The summed E-state index contributed by atoms with van der Waals surface area (Å²) in [5.74, 6) is -0.284. The van der Waals surface area contributed by atoms with E-state index in [1.807, 2.05) is 0 Å². The molecule has 1 atom stereocenters. The molecule has 0 saturated carbocycles. The number of rotatable bonds is 6. The van der Waals surface area contributed by atoms with Crippen molar-refractivity contribution in [3.05, 3.63) is 0 Å². The zero-order valence-corrected chi connectivity index (χ0v) is 9.30. The zero-order chi connectivity index (χ0) is 11.2. The molecule has 0 aromatic heterocycles. The van der Waals surface area contributed by atoms with Gasteiger partial charge in [0.2, 0.25) is 5.91 Å². The monoisotopic (exact) mass is 223 g/mol. The third-order valence-electron chi connectivity index (χ3n) is 1.52. The highest BCUT2D eigenvalue weighted by Crippen LogP contribution is 1.93. The Balaban J connectivity index is 3.83. The highest BCUT2D eigenvalue weighted by atomic mass is 32.2. The lowest BCUT2D eigenvalue weighted by molar-refractivity contribution is -0.121. The van der Waals surface area contributed by atoms with Gasteiger partial charge in [-0.2, -0.15) is 0 Å². The molecule has 0 radical (unpaired) electrons. The molecule has 0 fully saturated rings. The minimum Gasteiger partial charge on any atom is -0.396 e. The Morgan fingerprint density at radius 3 is 2.50 bits per heavy atom. The van der Waals surface area contributed by atoms with Gasteiger partial charge >= 0.3 is 0 Å². The summed E-state index contributed by atoms with van der Waals surface area (Å²) in [6, 6.07) is -0.379. The molecule has 0 spiro atoms. The molecular formula is C8H17NO4S. The summed E-state index contributed by atoms with van der Waals surface area (Å²) < 4.78 is 21.7. The van der Waals surface area contributed by atoms with Gasteiger partial charge in [0.1, 0.15) is 9.84 Å². The Labute approximate surface area is 84.4 Å². The van der Waals surface area contributed by atoms with Gasteiger partial charge in [-0.15, -0.1) is 0 Å². The van der Waals surface area contributed by atoms with Crippen LogP contribution in [0.3, 0.4) is 0 Å². The van der Waals surface area contributed by atoms with E-state index < -0.39 is 9.84 Å². The predicted molar refractivity (Wildman–Crippen MR) is 53.6 cm³/mol. The van der Waals surface area contributed by atoms with E-state index in [1.54, 1.807) is 6.92 Å². The summed E-state index contributed by atoms with van der Waals surface area (Å²) in [6.45, 7) is 1.60. The molecule has 0 saturated heterocycles. The number of hydrogen-bond donors (Lipinski definition) is 2. The van der Waals surface area contributed by atoms with Crippen molar-refractivity contribution in [2.24, 2.45) is 0 Å². The van der Waals surface area contributed by atoms with E-state index in [2.05, 4.69) is 5.32 Å². The smallest absolute Gasteiger partial charge is 0.220 e. The zero-order valence-electron chi connectivity index (χ0n) is 8.49. The third kappa shape index (κ3) is 8.00. The van der Waals surface area contributed by atoms with Gasteiger partial charge in [0, 0.05) is 25.3 Å². The summed E-state index contributed by atoms with van der Waals surface area (Å²) in [7, 11) is -3.05. The predicted octanol–water partition coefficient (Wildman–Crippen LogP) is -0.692. The van der Waals surface area contributed by atoms with Gasteiger partial charge in [-0.25, -0.2) is 8.42 Å². The number of aliphatic hydroxyl groups excluding tert-OH is 1. The lowest BCUT2D eigenvalue weighted by atomic mass is 10.3. The van der Waals surface area contributed by atoms with Gasteiger partial charge in [0.05, 0.1) is 5.75 Å². The Kier molecular flexibility index (Phi) is 5.71. The van der Waals surface area contributed by atoms with Crippen molar-refractivity contribution in [1.82, 2.24) is 5.32 Å². The van der Waals surface area contributed by atoms with Crippen LogP contribution in [0.2, 0.25) is 0 Å².